The van der Waals surface area contributed by atoms with Crippen LogP contribution in [0.25, 0.3) is 11.1 Å². The highest BCUT2D eigenvalue weighted by molar-refractivity contribution is 9.10. The number of rotatable bonds is 2. The molecule has 0 unspecified atom stereocenters. The predicted molar refractivity (Wildman–Crippen MR) is 60.6 cm³/mol. The average Bonchev–Trinajstić information content (AvgIpc) is 2.66. The lowest BCUT2D eigenvalue weighted by Gasteiger charge is -2.08. The molecular weight excluding hydrogens is 279 g/mol. The van der Waals surface area contributed by atoms with E-state index in [1.165, 1.54) is 19.4 Å². The van der Waals surface area contributed by atoms with Crippen LogP contribution in [-0.2, 0) is 0 Å². The molecule has 2 rings (SSSR count). The lowest BCUT2D eigenvalue weighted by atomic mass is 10.1. The number of halogens is 2. The summed E-state index contributed by atoms with van der Waals surface area (Å²) in [6.07, 6.45) is 1.36. The van der Waals surface area contributed by atoms with Gasteiger partial charge in [-0.1, -0.05) is 21.1 Å². The number of hydrogen-bond donors (Lipinski definition) is 1. The van der Waals surface area contributed by atoms with Gasteiger partial charge in [0.05, 0.1) is 18.9 Å². The van der Waals surface area contributed by atoms with Crippen molar-refractivity contribution in [1.29, 1.82) is 0 Å². The van der Waals surface area contributed by atoms with Gasteiger partial charge in [0.2, 0.25) is 5.88 Å². The molecule has 0 atom stereocenters. The van der Waals surface area contributed by atoms with E-state index in [1.807, 2.05) is 0 Å². The number of hydrogen-bond acceptors (Lipinski definition) is 4. The number of aromatic nitrogens is 1. The van der Waals surface area contributed by atoms with Crippen molar-refractivity contribution < 1.29 is 13.7 Å². The molecule has 2 N–H and O–H groups in total. The summed E-state index contributed by atoms with van der Waals surface area (Å²) in [7, 11) is 1.40. The third kappa shape index (κ3) is 1.65. The molecule has 1 heterocycles. The second kappa shape index (κ2) is 4.13. The number of anilines is 1. The smallest absolute Gasteiger partial charge is 0.230 e. The lowest BCUT2D eigenvalue weighted by molar-refractivity contribution is 0.387. The summed E-state index contributed by atoms with van der Waals surface area (Å²) >= 11 is 3.25. The van der Waals surface area contributed by atoms with Crippen LogP contribution in [0.2, 0.25) is 0 Å². The van der Waals surface area contributed by atoms with Gasteiger partial charge in [-0.3, -0.25) is 0 Å². The maximum Gasteiger partial charge on any atom is 0.230 e. The largest absolute Gasteiger partial charge is 0.494 e. The zero-order valence-corrected chi connectivity index (χ0v) is 9.92. The first-order valence-electron chi connectivity index (χ1n) is 4.37. The van der Waals surface area contributed by atoms with E-state index in [0.29, 0.717) is 10.0 Å². The molecule has 0 aliphatic rings. The third-order valence-corrected chi connectivity index (χ3v) is 2.80. The first-order valence-corrected chi connectivity index (χ1v) is 5.17. The van der Waals surface area contributed by atoms with Crippen LogP contribution in [0.5, 0.6) is 5.75 Å². The highest BCUT2D eigenvalue weighted by Crippen LogP contribution is 2.37. The van der Waals surface area contributed by atoms with E-state index in [-0.39, 0.29) is 17.2 Å². The summed E-state index contributed by atoms with van der Waals surface area (Å²) in [5.74, 6) is -0.307. The van der Waals surface area contributed by atoms with Gasteiger partial charge in [-0.05, 0) is 12.1 Å². The molecule has 1 aromatic carbocycles. The number of benzene rings is 1. The molecule has 0 amide bonds. The van der Waals surface area contributed by atoms with Crippen molar-refractivity contribution in [3.8, 4) is 16.9 Å². The van der Waals surface area contributed by atoms with Crippen molar-refractivity contribution in [2.75, 3.05) is 12.8 Å². The first kappa shape index (κ1) is 10.9. The molecule has 0 saturated heterocycles. The van der Waals surface area contributed by atoms with Gasteiger partial charge in [-0.15, -0.1) is 0 Å². The minimum atomic E-state index is -0.508. The maximum atomic E-state index is 14.0. The van der Waals surface area contributed by atoms with Crippen molar-refractivity contribution in [1.82, 2.24) is 5.16 Å². The Bertz CT molecular complexity index is 528. The van der Waals surface area contributed by atoms with Crippen molar-refractivity contribution >= 4 is 21.8 Å². The molecule has 84 valence electrons. The van der Waals surface area contributed by atoms with Crippen molar-refractivity contribution in [2.45, 2.75) is 0 Å². The van der Waals surface area contributed by atoms with E-state index in [1.54, 1.807) is 6.07 Å². The SMILES string of the molecule is COc1ccc(Br)c(-c2cnoc2N)c1F. The fraction of sp³-hybridized carbons (Fsp3) is 0.100. The van der Waals surface area contributed by atoms with Crippen LogP contribution in [0.1, 0.15) is 0 Å². The van der Waals surface area contributed by atoms with E-state index < -0.39 is 5.82 Å². The minimum Gasteiger partial charge on any atom is -0.494 e. The minimum absolute atomic E-state index is 0.0628. The summed E-state index contributed by atoms with van der Waals surface area (Å²) in [6, 6.07) is 3.19. The van der Waals surface area contributed by atoms with Crippen LogP contribution < -0.4 is 10.5 Å². The van der Waals surface area contributed by atoms with Gasteiger partial charge in [-0.25, -0.2) is 4.39 Å². The zero-order chi connectivity index (χ0) is 11.7. The van der Waals surface area contributed by atoms with E-state index >= 15 is 0 Å². The Labute approximate surface area is 99.3 Å². The first-order chi connectivity index (χ1) is 7.65. The molecule has 0 aliphatic heterocycles. The van der Waals surface area contributed by atoms with Crippen LogP contribution in [0, 0.1) is 5.82 Å². The van der Waals surface area contributed by atoms with Crippen LogP contribution in [0.4, 0.5) is 10.3 Å². The molecular formula is C10H8BrFN2O2. The Kier molecular flexibility index (Phi) is 2.82. The molecule has 1 aromatic heterocycles. The normalized spacial score (nSPS) is 10.4. The zero-order valence-electron chi connectivity index (χ0n) is 8.33. The van der Waals surface area contributed by atoms with Crippen molar-refractivity contribution in [2.24, 2.45) is 0 Å². The van der Waals surface area contributed by atoms with Gasteiger partial charge in [0.25, 0.3) is 0 Å². The van der Waals surface area contributed by atoms with Crippen LogP contribution in [0.15, 0.2) is 27.3 Å². The summed E-state index contributed by atoms with van der Waals surface area (Å²) in [5, 5.41) is 3.51. The topological polar surface area (TPSA) is 61.3 Å². The number of nitrogen functional groups attached to an aromatic ring is 1. The monoisotopic (exact) mass is 286 g/mol. The highest BCUT2D eigenvalue weighted by atomic mass is 79.9. The standard InChI is InChI=1S/C10H8BrFN2O2/c1-15-7-3-2-6(11)8(9(7)12)5-4-14-16-10(5)13/h2-4H,13H2,1H3. The molecule has 6 heteroatoms. The lowest BCUT2D eigenvalue weighted by Crippen LogP contribution is -1.94. The van der Waals surface area contributed by atoms with Gasteiger partial charge in [0, 0.05) is 10.0 Å². The van der Waals surface area contributed by atoms with Gasteiger partial charge in [0.1, 0.15) is 0 Å². The molecule has 0 bridgehead atoms. The van der Waals surface area contributed by atoms with Gasteiger partial charge in [-0.2, -0.15) is 0 Å². The summed E-state index contributed by atoms with van der Waals surface area (Å²) in [5.41, 5.74) is 6.21. The number of nitrogens with two attached hydrogens (primary N) is 1. The molecule has 0 saturated carbocycles. The predicted octanol–water partition coefficient (Wildman–Crippen LogP) is 2.83. The Balaban J connectivity index is 2.69. The second-order valence-electron chi connectivity index (χ2n) is 3.04. The quantitative estimate of drug-likeness (QED) is 0.922. The van der Waals surface area contributed by atoms with Gasteiger partial charge in [0.15, 0.2) is 11.6 Å². The molecule has 0 radical (unpaired) electrons. The Morgan fingerprint density at radius 3 is 2.81 bits per heavy atom. The summed E-state index contributed by atoms with van der Waals surface area (Å²) in [4.78, 5) is 0. The van der Waals surface area contributed by atoms with Crippen molar-refractivity contribution in [3.05, 3.63) is 28.6 Å². The number of nitrogens with zero attached hydrogens (tertiary/aromatic N) is 1. The fourth-order valence-corrected chi connectivity index (χ4v) is 1.89. The third-order valence-electron chi connectivity index (χ3n) is 2.14. The highest BCUT2D eigenvalue weighted by Gasteiger charge is 2.18. The van der Waals surface area contributed by atoms with Crippen LogP contribution >= 0.6 is 15.9 Å². The molecule has 16 heavy (non-hydrogen) atoms. The van der Waals surface area contributed by atoms with E-state index in [4.69, 9.17) is 15.0 Å². The Morgan fingerprint density at radius 1 is 1.50 bits per heavy atom. The van der Waals surface area contributed by atoms with Gasteiger partial charge >= 0.3 is 0 Å². The average molecular weight is 287 g/mol. The van der Waals surface area contributed by atoms with E-state index in [2.05, 4.69) is 21.1 Å². The summed E-state index contributed by atoms with van der Waals surface area (Å²) < 4.78 is 24.1. The van der Waals surface area contributed by atoms with E-state index in [9.17, 15) is 4.39 Å². The Hall–Kier alpha value is -1.56. The molecule has 0 spiro atoms. The van der Waals surface area contributed by atoms with Crippen LogP contribution in [-0.4, -0.2) is 12.3 Å². The number of methoxy groups -OCH3 is 1. The summed E-state index contributed by atoms with van der Waals surface area (Å²) in [6.45, 7) is 0. The van der Waals surface area contributed by atoms with E-state index in [0.717, 1.165) is 0 Å². The molecule has 0 fully saturated rings. The molecule has 2 aromatic rings. The molecule has 4 nitrogen and oxygen atoms in total. The Morgan fingerprint density at radius 2 is 2.25 bits per heavy atom. The molecule has 0 aliphatic carbocycles. The van der Waals surface area contributed by atoms with Crippen molar-refractivity contribution in [3.63, 3.8) is 0 Å². The maximum absolute atomic E-state index is 14.0. The second-order valence-corrected chi connectivity index (χ2v) is 3.90. The fourth-order valence-electron chi connectivity index (χ4n) is 1.37. The van der Waals surface area contributed by atoms with Gasteiger partial charge < -0.3 is 15.0 Å². The number of ether oxygens (including phenoxy) is 1. The van der Waals surface area contributed by atoms with Crippen LogP contribution in [0.3, 0.4) is 0 Å².